The van der Waals surface area contributed by atoms with Crippen molar-refractivity contribution >= 4 is 60.3 Å². The van der Waals surface area contributed by atoms with E-state index in [0.717, 1.165) is 50.6 Å². The second-order valence-corrected chi connectivity index (χ2v) is 10.9. The van der Waals surface area contributed by atoms with Crippen molar-refractivity contribution in [2.45, 2.75) is 6.42 Å². The first-order chi connectivity index (χ1) is 20.3. The van der Waals surface area contributed by atoms with Crippen LogP contribution in [0.4, 0.5) is 0 Å². The molecule has 0 atom stereocenters. The first-order valence-corrected chi connectivity index (χ1v) is 13.9. The molecule has 1 aliphatic rings. The zero-order valence-electron chi connectivity index (χ0n) is 21.9. The van der Waals surface area contributed by atoms with Gasteiger partial charge in [-0.15, -0.1) is 0 Å². The van der Waals surface area contributed by atoms with Gasteiger partial charge in [0.2, 0.25) is 0 Å². The molecular weight excluding hydrogens is 502 g/mol. The molecule has 0 fully saturated rings. The Labute approximate surface area is 234 Å². The highest BCUT2D eigenvalue weighted by atomic mass is 15.1. The predicted molar refractivity (Wildman–Crippen MR) is 166 cm³/mol. The molecule has 5 heteroatoms. The number of hydrogen-bond acceptors (Lipinski definition) is 3. The molecular formula is C36H21N5. The number of rotatable bonds is 1. The van der Waals surface area contributed by atoms with E-state index in [1.807, 2.05) is 24.7 Å². The minimum atomic E-state index is 0.749. The molecule has 10 rings (SSSR count). The number of para-hydroxylation sites is 1. The van der Waals surface area contributed by atoms with Gasteiger partial charge in [-0.1, -0.05) is 54.6 Å². The van der Waals surface area contributed by atoms with Crippen LogP contribution in [0.3, 0.4) is 0 Å². The molecule has 0 bridgehead atoms. The van der Waals surface area contributed by atoms with Crippen LogP contribution in [0.5, 0.6) is 0 Å². The minimum Gasteiger partial charge on any atom is -0.309 e. The summed E-state index contributed by atoms with van der Waals surface area (Å²) < 4.78 is 4.69. The Bertz CT molecular complexity index is 2550. The molecule has 0 amide bonds. The highest BCUT2D eigenvalue weighted by Gasteiger charge is 2.26. The van der Waals surface area contributed by atoms with Crippen LogP contribution in [0, 0.1) is 0 Å². The summed E-state index contributed by atoms with van der Waals surface area (Å²) >= 11 is 0. The fourth-order valence-electron chi connectivity index (χ4n) is 7.14. The maximum atomic E-state index is 5.06. The van der Waals surface area contributed by atoms with E-state index in [4.69, 9.17) is 4.98 Å². The standard InChI is InChI=1S/C36H21N5/c1-2-8-23(9-3-1)40-32-19-26-28(36-39-35-31(11-6-15-38-35)41(36)30-14-16-37-20-29(26)30)18-27(32)25-13-12-22-17-21-7-4-5-10-24(21)33(22)34(25)40/h1-16,18-20H,17H2. The van der Waals surface area contributed by atoms with Crippen molar-refractivity contribution in [3.05, 3.63) is 127 Å². The van der Waals surface area contributed by atoms with Crippen LogP contribution in [-0.2, 0) is 6.42 Å². The van der Waals surface area contributed by atoms with Gasteiger partial charge in [-0.05, 0) is 71.0 Å². The average Bonchev–Trinajstić information content (AvgIpc) is 3.70. The number of fused-ring (bicyclic) bond motifs is 15. The molecule has 0 radical (unpaired) electrons. The minimum absolute atomic E-state index is 0.749. The zero-order valence-corrected chi connectivity index (χ0v) is 21.9. The maximum absolute atomic E-state index is 5.06. The lowest BCUT2D eigenvalue weighted by Crippen LogP contribution is -1.96. The molecule has 5 aromatic heterocycles. The quantitative estimate of drug-likeness (QED) is 0.204. The van der Waals surface area contributed by atoms with Crippen molar-refractivity contribution in [3.63, 3.8) is 0 Å². The second-order valence-electron chi connectivity index (χ2n) is 10.9. The van der Waals surface area contributed by atoms with Gasteiger partial charge in [0.25, 0.3) is 0 Å². The van der Waals surface area contributed by atoms with E-state index in [1.54, 1.807) is 0 Å². The Balaban J connectivity index is 1.47. The third kappa shape index (κ3) is 2.68. The van der Waals surface area contributed by atoms with Gasteiger partial charge < -0.3 is 4.57 Å². The molecule has 0 unspecified atom stereocenters. The van der Waals surface area contributed by atoms with Gasteiger partial charge in [0.05, 0.1) is 22.1 Å². The normalized spacial score (nSPS) is 12.8. The highest BCUT2D eigenvalue weighted by Crippen LogP contribution is 2.46. The number of hydrogen-bond donors (Lipinski definition) is 0. The molecule has 0 N–H and O–H groups in total. The van der Waals surface area contributed by atoms with Crippen molar-refractivity contribution in [1.82, 2.24) is 23.9 Å². The summed E-state index contributed by atoms with van der Waals surface area (Å²) in [4.78, 5) is 14.2. The first-order valence-electron chi connectivity index (χ1n) is 13.9. The smallest absolute Gasteiger partial charge is 0.178 e. The molecule has 4 aromatic carbocycles. The van der Waals surface area contributed by atoms with Gasteiger partial charge in [-0.2, -0.15) is 0 Å². The molecule has 190 valence electrons. The van der Waals surface area contributed by atoms with E-state index in [0.29, 0.717) is 0 Å². The average molecular weight is 524 g/mol. The topological polar surface area (TPSA) is 48.0 Å². The molecule has 41 heavy (non-hydrogen) atoms. The molecule has 0 saturated heterocycles. The van der Waals surface area contributed by atoms with E-state index >= 15 is 0 Å². The monoisotopic (exact) mass is 523 g/mol. The van der Waals surface area contributed by atoms with Gasteiger partial charge in [-0.25, -0.2) is 9.97 Å². The number of pyridine rings is 3. The van der Waals surface area contributed by atoms with Crippen LogP contribution in [0.15, 0.2) is 116 Å². The highest BCUT2D eigenvalue weighted by molar-refractivity contribution is 6.23. The molecule has 5 heterocycles. The lowest BCUT2D eigenvalue weighted by Gasteiger charge is -2.12. The number of benzene rings is 4. The van der Waals surface area contributed by atoms with Crippen LogP contribution < -0.4 is 0 Å². The molecule has 0 saturated carbocycles. The van der Waals surface area contributed by atoms with Crippen molar-refractivity contribution in [2.75, 3.05) is 0 Å². The van der Waals surface area contributed by atoms with Crippen LogP contribution in [0.25, 0.3) is 77.1 Å². The van der Waals surface area contributed by atoms with Crippen molar-refractivity contribution in [2.24, 2.45) is 0 Å². The fraction of sp³-hybridized carbons (Fsp3) is 0.0278. The Morgan fingerprint density at radius 3 is 2.46 bits per heavy atom. The van der Waals surface area contributed by atoms with Crippen LogP contribution >= 0.6 is 0 Å². The Morgan fingerprint density at radius 1 is 0.610 bits per heavy atom. The van der Waals surface area contributed by atoms with Crippen molar-refractivity contribution in [3.8, 4) is 16.8 Å². The summed E-state index contributed by atoms with van der Waals surface area (Å²) in [7, 11) is 0. The summed E-state index contributed by atoms with van der Waals surface area (Å²) in [5, 5.41) is 5.80. The zero-order chi connectivity index (χ0) is 26.7. The van der Waals surface area contributed by atoms with Crippen LogP contribution in [0.2, 0.25) is 0 Å². The lowest BCUT2D eigenvalue weighted by atomic mass is 10.0. The summed E-state index contributed by atoms with van der Waals surface area (Å²) in [5.41, 5.74) is 12.8. The van der Waals surface area contributed by atoms with Gasteiger partial charge in [0, 0.05) is 51.4 Å². The van der Waals surface area contributed by atoms with E-state index in [2.05, 4.69) is 110 Å². The molecule has 9 aromatic rings. The van der Waals surface area contributed by atoms with Gasteiger partial charge in [0.1, 0.15) is 5.65 Å². The number of imidazole rings is 1. The second kappa shape index (κ2) is 7.55. The fourth-order valence-corrected chi connectivity index (χ4v) is 7.14. The third-order valence-corrected chi connectivity index (χ3v) is 8.84. The SMILES string of the molecule is c1ccc(-n2c3cc4c5cnccc5n5c6cccnc6nc5c4cc3c3ccc4c(c32)-c2ccccc2C4)cc1. The number of aromatic nitrogens is 5. The van der Waals surface area contributed by atoms with E-state index < -0.39 is 0 Å². The molecule has 0 spiro atoms. The third-order valence-electron chi connectivity index (χ3n) is 8.84. The van der Waals surface area contributed by atoms with E-state index in [-0.39, 0.29) is 0 Å². The van der Waals surface area contributed by atoms with E-state index in [1.165, 1.54) is 44.1 Å². The molecule has 5 nitrogen and oxygen atoms in total. The van der Waals surface area contributed by atoms with Crippen molar-refractivity contribution < 1.29 is 0 Å². The Morgan fingerprint density at radius 2 is 1.51 bits per heavy atom. The van der Waals surface area contributed by atoms with Gasteiger partial charge >= 0.3 is 0 Å². The lowest BCUT2D eigenvalue weighted by molar-refractivity contribution is 1.18. The number of nitrogens with zero attached hydrogens (tertiary/aromatic N) is 5. The largest absolute Gasteiger partial charge is 0.309 e. The van der Waals surface area contributed by atoms with E-state index in [9.17, 15) is 0 Å². The summed E-state index contributed by atoms with van der Waals surface area (Å²) in [6, 6.07) is 35.1. The Kier molecular flexibility index (Phi) is 3.92. The van der Waals surface area contributed by atoms with Gasteiger partial charge in [0.15, 0.2) is 5.65 Å². The van der Waals surface area contributed by atoms with Gasteiger partial charge in [-0.3, -0.25) is 9.38 Å². The predicted octanol–water partition coefficient (Wildman–Crippen LogP) is 8.25. The van der Waals surface area contributed by atoms with Crippen molar-refractivity contribution in [1.29, 1.82) is 0 Å². The molecule has 0 aliphatic heterocycles. The summed E-state index contributed by atoms with van der Waals surface area (Å²) in [6.45, 7) is 0. The Hall–Kier alpha value is -5.55. The summed E-state index contributed by atoms with van der Waals surface area (Å²) in [6.07, 6.45) is 6.61. The maximum Gasteiger partial charge on any atom is 0.178 e. The molecule has 1 aliphatic carbocycles. The first kappa shape index (κ1) is 21.3. The van der Waals surface area contributed by atoms with Crippen LogP contribution in [-0.4, -0.2) is 23.9 Å². The van der Waals surface area contributed by atoms with Crippen LogP contribution in [0.1, 0.15) is 11.1 Å². The summed E-state index contributed by atoms with van der Waals surface area (Å²) in [5.74, 6) is 0.